The zero-order valence-electron chi connectivity index (χ0n) is 11.1. The smallest absolute Gasteiger partial charge is 0.340 e. The quantitative estimate of drug-likeness (QED) is 0.623. The van der Waals surface area contributed by atoms with Crippen LogP contribution in [0.1, 0.15) is 23.7 Å². The van der Waals surface area contributed by atoms with Crippen molar-refractivity contribution in [2.45, 2.75) is 13.3 Å². The first-order chi connectivity index (χ1) is 9.56. The van der Waals surface area contributed by atoms with E-state index in [1.54, 1.807) is 6.92 Å². The highest BCUT2D eigenvalue weighted by Gasteiger charge is 2.32. The molecule has 20 heavy (non-hydrogen) atoms. The maximum atomic E-state index is 13.4. The Hall–Kier alpha value is -1.43. The van der Waals surface area contributed by atoms with E-state index in [4.69, 9.17) is 4.74 Å². The molecule has 0 N–H and O–H groups in total. The highest BCUT2D eigenvalue weighted by Crippen LogP contribution is 2.30. The van der Waals surface area contributed by atoms with Crippen molar-refractivity contribution >= 4 is 33.5 Å². The number of esters is 1. The van der Waals surface area contributed by atoms with Crippen molar-refractivity contribution in [3.8, 4) is 0 Å². The summed E-state index contributed by atoms with van der Waals surface area (Å²) in [5.74, 6) is -1.01. The van der Waals surface area contributed by atoms with Crippen molar-refractivity contribution in [1.82, 2.24) is 0 Å². The average molecular weight is 344 g/mol. The molecule has 2 rings (SSSR count). The lowest BCUT2D eigenvalue weighted by Gasteiger charge is -2.19. The normalized spacial score (nSPS) is 18.4. The van der Waals surface area contributed by atoms with Crippen molar-refractivity contribution in [2.24, 2.45) is 5.92 Å². The summed E-state index contributed by atoms with van der Waals surface area (Å²) in [6.07, 6.45) is 0.422. The minimum atomic E-state index is -0.614. The zero-order chi connectivity index (χ0) is 14.7. The number of hydrogen-bond acceptors (Lipinski definition) is 3. The molecule has 1 saturated heterocycles. The lowest BCUT2D eigenvalue weighted by atomic mass is 10.1. The van der Waals surface area contributed by atoms with E-state index in [1.165, 1.54) is 17.0 Å². The first-order valence-corrected chi connectivity index (χ1v) is 7.52. The van der Waals surface area contributed by atoms with Gasteiger partial charge in [0, 0.05) is 18.3 Å². The number of halogens is 2. The first-order valence-electron chi connectivity index (χ1n) is 6.39. The third-order valence-electron chi connectivity index (χ3n) is 3.17. The first kappa shape index (κ1) is 15.0. The Kier molecular flexibility index (Phi) is 4.75. The van der Waals surface area contributed by atoms with Crippen LogP contribution in [0.5, 0.6) is 0 Å². The number of alkyl halides is 1. The molecular formula is C14H15BrFNO3. The van der Waals surface area contributed by atoms with Gasteiger partial charge in [-0.3, -0.25) is 4.79 Å². The fraction of sp³-hybridized carbons (Fsp3) is 0.429. The zero-order valence-corrected chi connectivity index (χ0v) is 12.7. The van der Waals surface area contributed by atoms with Crippen molar-refractivity contribution in [2.75, 3.05) is 23.4 Å². The summed E-state index contributed by atoms with van der Waals surface area (Å²) in [5, 5.41) is 0.713. The minimum absolute atomic E-state index is 0.0633. The fourth-order valence-corrected chi connectivity index (χ4v) is 2.67. The molecule has 1 atom stereocenters. The molecule has 4 nitrogen and oxygen atoms in total. The van der Waals surface area contributed by atoms with Gasteiger partial charge in [-0.15, -0.1) is 0 Å². The van der Waals surface area contributed by atoms with E-state index in [2.05, 4.69) is 15.9 Å². The number of nitrogens with zero attached hydrogens (tertiary/aromatic N) is 1. The molecular weight excluding hydrogens is 329 g/mol. The maximum absolute atomic E-state index is 13.4. The molecule has 0 saturated carbocycles. The van der Waals surface area contributed by atoms with Gasteiger partial charge in [0.1, 0.15) is 5.82 Å². The molecule has 1 fully saturated rings. The maximum Gasteiger partial charge on any atom is 0.340 e. The van der Waals surface area contributed by atoms with Crippen LogP contribution in [0, 0.1) is 11.7 Å². The van der Waals surface area contributed by atoms with Gasteiger partial charge in [0.2, 0.25) is 5.91 Å². The SMILES string of the molecule is CCOC(=O)c1cc(F)ccc1N1CC(CBr)CC1=O. The Morgan fingerprint density at radius 1 is 1.55 bits per heavy atom. The number of carbonyl (C=O) groups is 2. The van der Waals surface area contributed by atoms with Gasteiger partial charge in [0.05, 0.1) is 17.9 Å². The number of carbonyl (C=O) groups excluding carboxylic acids is 2. The van der Waals surface area contributed by atoms with E-state index in [-0.39, 0.29) is 24.0 Å². The van der Waals surface area contributed by atoms with E-state index < -0.39 is 11.8 Å². The number of anilines is 1. The van der Waals surface area contributed by atoms with Crippen LogP contribution in [0.25, 0.3) is 0 Å². The largest absolute Gasteiger partial charge is 0.462 e. The van der Waals surface area contributed by atoms with E-state index in [1.807, 2.05) is 0 Å². The third kappa shape index (κ3) is 3.00. The lowest BCUT2D eigenvalue weighted by Crippen LogP contribution is -2.27. The van der Waals surface area contributed by atoms with Gasteiger partial charge in [-0.25, -0.2) is 9.18 Å². The van der Waals surface area contributed by atoms with Gasteiger partial charge < -0.3 is 9.64 Å². The van der Waals surface area contributed by atoms with Crippen molar-refractivity contribution in [1.29, 1.82) is 0 Å². The number of rotatable bonds is 4. The molecule has 1 aromatic carbocycles. The number of amides is 1. The van der Waals surface area contributed by atoms with Crippen LogP contribution in [0.2, 0.25) is 0 Å². The van der Waals surface area contributed by atoms with Crippen molar-refractivity contribution < 1.29 is 18.7 Å². The highest BCUT2D eigenvalue weighted by atomic mass is 79.9. The predicted octanol–water partition coefficient (Wildman–Crippen LogP) is 2.75. The Morgan fingerprint density at radius 3 is 2.90 bits per heavy atom. The summed E-state index contributed by atoms with van der Waals surface area (Å²) in [7, 11) is 0. The summed E-state index contributed by atoms with van der Waals surface area (Å²) in [6.45, 7) is 2.40. The van der Waals surface area contributed by atoms with E-state index in [0.29, 0.717) is 24.0 Å². The molecule has 1 heterocycles. The van der Waals surface area contributed by atoms with Crippen LogP contribution in [0.15, 0.2) is 18.2 Å². The topological polar surface area (TPSA) is 46.6 Å². The van der Waals surface area contributed by atoms with Crippen LogP contribution in [-0.2, 0) is 9.53 Å². The Labute approximate surface area is 125 Å². The molecule has 1 unspecified atom stereocenters. The second-order valence-electron chi connectivity index (χ2n) is 4.61. The Balaban J connectivity index is 2.36. The molecule has 1 aliphatic heterocycles. The van der Waals surface area contributed by atoms with Crippen LogP contribution in [0.3, 0.4) is 0 Å². The molecule has 1 aromatic rings. The predicted molar refractivity (Wildman–Crippen MR) is 76.6 cm³/mol. The average Bonchev–Trinajstić information content (AvgIpc) is 2.80. The molecule has 0 aromatic heterocycles. The van der Waals surface area contributed by atoms with E-state index in [0.717, 1.165) is 6.07 Å². The third-order valence-corrected chi connectivity index (χ3v) is 4.08. The van der Waals surface area contributed by atoms with Gasteiger partial charge in [-0.05, 0) is 31.0 Å². The van der Waals surface area contributed by atoms with Gasteiger partial charge in [0.15, 0.2) is 0 Å². The lowest BCUT2D eigenvalue weighted by molar-refractivity contribution is -0.117. The molecule has 6 heteroatoms. The van der Waals surface area contributed by atoms with E-state index in [9.17, 15) is 14.0 Å². The summed E-state index contributed by atoms with van der Waals surface area (Å²) in [5.41, 5.74) is 0.508. The molecule has 0 spiro atoms. The fourth-order valence-electron chi connectivity index (χ4n) is 2.23. The Morgan fingerprint density at radius 2 is 2.30 bits per heavy atom. The van der Waals surface area contributed by atoms with Crippen LogP contribution < -0.4 is 4.90 Å². The number of ether oxygens (including phenoxy) is 1. The molecule has 108 valence electrons. The van der Waals surface area contributed by atoms with Crippen LogP contribution in [0.4, 0.5) is 10.1 Å². The molecule has 0 aliphatic carbocycles. The van der Waals surface area contributed by atoms with Crippen molar-refractivity contribution in [3.63, 3.8) is 0 Å². The summed E-state index contributed by atoms with van der Waals surface area (Å²) >= 11 is 3.36. The molecule has 0 bridgehead atoms. The Bertz CT molecular complexity index is 535. The highest BCUT2D eigenvalue weighted by molar-refractivity contribution is 9.09. The summed E-state index contributed by atoms with van der Waals surface area (Å²) in [4.78, 5) is 25.4. The van der Waals surface area contributed by atoms with Crippen LogP contribution >= 0.6 is 15.9 Å². The molecule has 1 aliphatic rings. The summed E-state index contributed by atoms with van der Waals surface area (Å²) in [6, 6.07) is 3.81. The standard InChI is InChI=1S/C14H15BrFNO3/c1-2-20-14(19)11-6-10(16)3-4-12(11)17-8-9(7-15)5-13(17)18/h3-4,6,9H,2,5,7-8H2,1H3. The summed E-state index contributed by atoms with van der Waals surface area (Å²) < 4.78 is 18.3. The van der Waals surface area contributed by atoms with Gasteiger partial charge in [-0.2, -0.15) is 0 Å². The van der Waals surface area contributed by atoms with E-state index >= 15 is 0 Å². The minimum Gasteiger partial charge on any atom is -0.462 e. The second kappa shape index (κ2) is 6.35. The van der Waals surface area contributed by atoms with Gasteiger partial charge in [-0.1, -0.05) is 15.9 Å². The second-order valence-corrected chi connectivity index (χ2v) is 5.26. The number of benzene rings is 1. The molecule has 1 amide bonds. The van der Waals surface area contributed by atoms with Crippen molar-refractivity contribution in [3.05, 3.63) is 29.6 Å². The molecule has 0 radical (unpaired) electrons. The number of hydrogen-bond donors (Lipinski definition) is 0. The van der Waals surface area contributed by atoms with Gasteiger partial charge >= 0.3 is 5.97 Å². The van der Waals surface area contributed by atoms with Gasteiger partial charge in [0.25, 0.3) is 0 Å². The monoisotopic (exact) mass is 343 g/mol. The van der Waals surface area contributed by atoms with Crippen LogP contribution in [-0.4, -0.2) is 30.4 Å².